The molecule has 68 valence electrons. The smallest absolute Gasteiger partial charge is 0.191 e. The Kier molecular flexibility index (Phi) is 2.68. The average molecular weight is 176 g/mol. The molecule has 0 spiro atoms. The van der Waals surface area contributed by atoms with Crippen LogP contribution in [0.5, 0.6) is 0 Å². The first-order valence-corrected chi connectivity index (χ1v) is 4.47. The van der Waals surface area contributed by atoms with Gasteiger partial charge in [-0.25, -0.2) is 0 Å². The third-order valence-corrected chi connectivity index (χ3v) is 2.82. The number of hydrogen-bond acceptors (Lipinski definition) is 3. The van der Waals surface area contributed by atoms with Crippen LogP contribution in [0.3, 0.4) is 0 Å². The second-order valence-corrected chi connectivity index (χ2v) is 3.82. The first-order valence-electron chi connectivity index (χ1n) is 4.47. The highest BCUT2D eigenvalue weighted by Crippen LogP contribution is 2.39. The van der Waals surface area contributed by atoms with E-state index in [9.17, 15) is 4.79 Å². The van der Waals surface area contributed by atoms with Crippen molar-refractivity contribution < 1.29 is 4.79 Å². The molecule has 1 aliphatic rings. The van der Waals surface area contributed by atoms with Crippen molar-refractivity contribution in [1.29, 1.82) is 10.5 Å². The minimum atomic E-state index is -1.07. The Balaban J connectivity index is 2.78. The maximum Gasteiger partial charge on any atom is 0.191 e. The molecule has 1 saturated carbocycles. The van der Waals surface area contributed by atoms with Gasteiger partial charge in [-0.05, 0) is 12.8 Å². The van der Waals surface area contributed by atoms with Gasteiger partial charge in [-0.15, -0.1) is 0 Å². The highest BCUT2D eigenvalue weighted by molar-refractivity contribution is 5.90. The van der Waals surface area contributed by atoms with Gasteiger partial charge in [-0.1, -0.05) is 19.8 Å². The van der Waals surface area contributed by atoms with E-state index in [0.29, 0.717) is 0 Å². The molecule has 13 heavy (non-hydrogen) atoms. The van der Waals surface area contributed by atoms with E-state index in [-0.39, 0.29) is 5.78 Å². The largest absolute Gasteiger partial charge is 0.296 e. The third kappa shape index (κ3) is 1.70. The van der Waals surface area contributed by atoms with Crippen molar-refractivity contribution in [3.63, 3.8) is 0 Å². The third-order valence-electron chi connectivity index (χ3n) is 2.82. The van der Waals surface area contributed by atoms with Gasteiger partial charge in [0.25, 0.3) is 0 Å². The molecule has 0 atom stereocenters. The Labute approximate surface area is 78.0 Å². The van der Waals surface area contributed by atoms with Crippen molar-refractivity contribution in [3.8, 4) is 12.1 Å². The number of carbonyl (C=O) groups excluding carboxylic acids is 1. The molecule has 0 aromatic rings. The molecule has 0 unspecified atom stereocenters. The normalized spacial score (nSPS) is 19.4. The summed E-state index contributed by atoms with van der Waals surface area (Å²) in [5, 5.41) is 17.2. The molecule has 3 nitrogen and oxygen atoms in total. The summed E-state index contributed by atoms with van der Waals surface area (Å²) in [6, 6.07) is 3.49. The number of Topliss-reactive ketones (excluding diaryl/α,β-unsaturated/α-hetero) is 1. The number of nitrogens with zero attached hydrogens (tertiary/aromatic N) is 2. The van der Waals surface area contributed by atoms with Crippen LogP contribution >= 0.6 is 0 Å². The van der Waals surface area contributed by atoms with Gasteiger partial charge in [0, 0.05) is 5.41 Å². The highest BCUT2D eigenvalue weighted by Gasteiger charge is 2.40. The molecule has 0 saturated heterocycles. The average Bonchev–Trinajstić information content (AvgIpc) is 2.55. The lowest BCUT2D eigenvalue weighted by molar-refractivity contribution is -0.128. The van der Waals surface area contributed by atoms with E-state index < -0.39 is 11.3 Å². The Hall–Kier alpha value is -1.35. The molecular weight excluding hydrogens is 164 g/mol. The van der Waals surface area contributed by atoms with Crippen LogP contribution in [0.4, 0.5) is 0 Å². The predicted molar refractivity (Wildman–Crippen MR) is 46.3 cm³/mol. The number of carbonyl (C=O) groups is 1. The fraction of sp³-hybridized carbons (Fsp3) is 0.700. The van der Waals surface area contributed by atoms with E-state index in [1.54, 1.807) is 12.1 Å². The van der Waals surface area contributed by atoms with Crippen LogP contribution in [-0.2, 0) is 4.79 Å². The number of rotatable bonds is 2. The molecule has 0 heterocycles. The minimum Gasteiger partial charge on any atom is -0.296 e. The predicted octanol–water partition coefficient (Wildman–Crippen LogP) is 1.80. The van der Waals surface area contributed by atoms with Crippen molar-refractivity contribution in [3.05, 3.63) is 0 Å². The van der Waals surface area contributed by atoms with Crippen molar-refractivity contribution in [1.82, 2.24) is 0 Å². The lowest BCUT2D eigenvalue weighted by Gasteiger charge is -2.21. The summed E-state index contributed by atoms with van der Waals surface area (Å²) >= 11 is 0. The van der Waals surface area contributed by atoms with Crippen LogP contribution in [0.15, 0.2) is 0 Å². The van der Waals surface area contributed by atoms with Crippen molar-refractivity contribution in [2.45, 2.75) is 32.6 Å². The summed E-state index contributed by atoms with van der Waals surface area (Å²) in [6.07, 6.45) is 3.72. The SMILES string of the molecule is CC1(C(=O)C(C#N)C#N)CCCC1. The van der Waals surface area contributed by atoms with E-state index in [2.05, 4.69) is 0 Å². The molecular formula is C10H12N2O. The molecule has 0 amide bonds. The van der Waals surface area contributed by atoms with E-state index in [1.807, 2.05) is 6.92 Å². The Morgan fingerprint density at radius 3 is 2.15 bits per heavy atom. The maximum atomic E-state index is 11.7. The van der Waals surface area contributed by atoms with Crippen molar-refractivity contribution in [2.24, 2.45) is 11.3 Å². The topological polar surface area (TPSA) is 64.7 Å². The first kappa shape index (κ1) is 9.74. The highest BCUT2D eigenvalue weighted by atomic mass is 16.1. The molecule has 0 aromatic carbocycles. The number of nitriles is 2. The van der Waals surface area contributed by atoms with Crippen LogP contribution in [-0.4, -0.2) is 5.78 Å². The van der Waals surface area contributed by atoms with Gasteiger partial charge in [-0.3, -0.25) is 4.79 Å². The summed E-state index contributed by atoms with van der Waals surface area (Å²) in [6.45, 7) is 1.87. The van der Waals surface area contributed by atoms with Gasteiger partial charge in [0.2, 0.25) is 0 Å². The van der Waals surface area contributed by atoms with Gasteiger partial charge >= 0.3 is 0 Å². The van der Waals surface area contributed by atoms with Crippen LogP contribution in [0.1, 0.15) is 32.6 Å². The zero-order valence-corrected chi connectivity index (χ0v) is 7.71. The van der Waals surface area contributed by atoms with E-state index in [0.717, 1.165) is 25.7 Å². The monoisotopic (exact) mass is 176 g/mol. The Bertz CT molecular complexity index is 275. The Morgan fingerprint density at radius 2 is 1.77 bits per heavy atom. The van der Waals surface area contributed by atoms with Gasteiger partial charge in [0.05, 0.1) is 12.1 Å². The summed E-state index contributed by atoms with van der Waals surface area (Å²) < 4.78 is 0. The van der Waals surface area contributed by atoms with Crippen molar-refractivity contribution in [2.75, 3.05) is 0 Å². The zero-order valence-electron chi connectivity index (χ0n) is 7.71. The molecule has 0 aliphatic heterocycles. The van der Waals surface area contributed by atoms with Crippen LogP contribution in [0.25, 0.3) is 0 Å². The second-order valence-electron chi connectivity index (χ2n) is 3.82. The van der Waals surface area contributed by atoms with Gasteiger partial charge in [0.15, 0.2) is 11.7 Å². The lowest BCUT2D eigenvalue weighted by Crippen LogP contribution is -2.29. The summed E-state index contributed by atoms with van der Waals surface area (Å²) in [5.74, 6) is -1.25. The lowest BCUT2D eigenvalue weighted by atomic mass is 9.79. The molecule has 0 aromatic heterocycles. The first-order chi connectivity index (χ1) is 6.14. The van der Waals surface area contributed by atoms with Gasteiger partial charge in [-0.2, -0.15) is 10.5 Å². The molecule has 0 bridgehead atoms. The summed E-state index contributed by atoms with van der Waals surface area (Å²) in [7, 11) is 0. The quantitative estimate of drug-likeness (QED) is 0.644. The molecule has 1 aliphatic carbocycles. The fourth-order valence-corrected chi connectivity index (χ4v) is 1.90. The second kappa shape index (κ2) is 3.58. The van der Waals surface area contributed by atoms with Crippen LogP contribution in [0, 0.1) is 34.0 Å². The molecule has 0 radical (unpaired) electrons. The summed E-state index contributed by atoms with van der Waals surface area (Å²) in [5.41, 5.74) is -0.407. The molecule has 0 N–H and O–H groups in total. The molecule has 3 heteroatoms. The zero-order chi connectivity index (χ0) is 9.90. The molecule has 1 rings (SSSR count). The van der Waals surface area contributed by atoms with E-state index in [4.69, 9.17) is 10.5 Å². The summed E-state index contributed by atoms with van der Waals surface area (Å²) in [4.78, 5) is 11.7. The molecule has 1 fully saturated rings. The minimum absolute atomic E-state index is 0.185. The van der Waals surface area contributed by atoms with Crippen LogP contribution in [0.2, 0.25) is 0 Å². The van der Waals surface area contributed by atoms with Crippen LogP contribution < -0.4 is 0 Å². The van der Waals surface area contributed by atoms with E-state index in [1.165, 1.54) is 0 Å². The maximum absolute atomic E-state index is 11.7. The van der Waals surface area contributed by atoms with E-state index >= 15 is 0 Å². The standard InChI is InChI=1S/C10H12N2O/c1-10(4-2-3-5-10)9(13)8(6-11)7-12/h8H,2-5H2,1H3. The number of ketones is 1. The van der Waals surface area contributed by atoms with Crippen molar-refractivity contribution >= 4 is 5.78 Å². The van der Waals surface area contributed by atoms with Gasteiger partial charge < -0.3 is 0 Å². The fourth-order valence-electron chi connectivity index (χ4n) is 1.90. The van der Waals surface area contributed by atoms with Gasteiger partial charge in [0.1, 0.15) is 0 Å². The Morgan fingerprint density at radius 1 is 1.31 bits per heavy atom. The number of hydrogen-bond donors (Lipinski definition) is 0.